The van der Waals surface area contributed by atoms with Gasteiger partial charge in [0.15, 0.2) is 0 Å². The summed E-state index contributed by atoms with van der Waals surface area (Å²) in [5.41, 5.74) is 4.86. The molecule has 0 aliphatic heterocycles. The van der Waals surface area contributed by atoms with E-state index >= 15 is 0 Å². The van der Waals surface area contributed by atoms with Crippen molar-refractivity contribution in [3.8, 4) is 0 Å². The minimum Gasteiger partial charge on any atom is -0.271 e. The third-order valence-corrected chi connectivity index (χ3v) is 2.96. The second-order valence-electron chi connectivity index (χ2n) is 3.88. The van der Waals surface area contributed by atoms with Crippen LogP contribution in [-0.4, -0.2) is 0 Å². The van der Waals surface area contributed by atoms with E-state index in [4.69, 9.17) is 29.0 Å². The van der Waals surface area contributed by atoms with Gasteiger partial charge in [0.1, 0.15) is 0 Å². The average molecular weight is 259 g/mol. The molecule has 0 radical (unpaired) electrons. The molecule has 0 amide bonds. The zero-order valence-electron chi connectivity index (χ0n) is 9.26. The molecule has 0 spiro atoms. The van der Waals surface area contributed by atoms with Gasteiger partial charge in [-0.15, -0.1) is 6.58 Å². The molecule has 16 heavy (non-hydrogen) atoms. The van der Waals surface area contributed by atoms with Gasteiger partial charge in [-0.1, -0.05) is 34.8 Å². The summed E-state index contributed by atoms with van der Waals surface area (Å²) in [6, 6.07) is 5.46. The number of allylic oxidation sites excluding steroid dienone is 1. The number of hydrogen-bond acceptors (Lipinski definition) is 2. The van der Waals surface area contributed by atoms with Crippen molar-refractivity contribution < 1.29 is 0 Å². The minimum absolute atomic E-state index is 0.0291. The summed E-state index contributed by atoms with van der Waals surface area (Å²) >= 11 is 12.0. The van der Waals surface area contributed by atoms with Gasteiger partial charge in [-0.2, -0.15) is 0 Å². The Morgan fingerprint density at radius 2 is 2.19 bits per heavy atom. The number of rotatable bonds is 5. The second kappa shape index (κ2) is 6.26. The smallest absolute Gasteiger partial charge is 0.0477 e. The quantitative estimate of drug-likeness (QED) is 0.478. The summed E-state index contributed by atoms with van der Waals surface area (Å²) in [7, 11) is 0. The molecule has 0 heterocycles. The number of benzene rings is 1. The molecule has 0 aliphatic carbocycles. The van der Waals surface area contributed by atoms with Crippen LogP contribution in [0.15, 0.2) is 30.4 Å². The molecule has 4 heteroatoms. The molecule has 1 atom stereocenters. The Morgan fingerprint density at radius 1 is 1.50 bits per heavy atom. The van der Waals surface area contributed by atoms with Crippen LogP contribution in [0.4, 0.5) is 0 Å². The van der Waals surface area contributed by atoms with Crippen molar-refractivity contribution in [1.82, 2.24) is 5.43 Å². The Bertz CT molecular complexity index is 377. The number of hydrazine groups is 1. The van der Waals surface area contributed by atoms with Crippen LogP contribution in [0.2, 0.25) is 10.0 Å². The number of halogens is 2. The molecule has 0 aliphatic rings. The summed E-state index contributed by atoms with van der Waals surface area (Å²) in [5, 5.41) is 1.27. The lowest BCUT2D eigenvalue weighted by Crippen LogP contribution is -2.28. The molecule has 1 aromatic rings. The highest BCUT2D eigenvalue weighted by atomic mass is 35.5. The summed E-state index contributed by atoms with van der Waals surface area (Å²) in [6.07, 6.45) is 1.78. The van der Waals surface area contributed by atoms with Crippen LogP contribution >= 0.6 is 23.2 Å². The van der Waals surface area contributed by atoms with Gasteiger partial charge >= 0.3 is 0 Å². The van der Waals surface area contributed by atoms with Crippen molar-refractivity contribution in [1.29, 1.82) is 0 Å². The average Bonchev–Trinajstić information content (AvgIpc) is 2.21. The molecule has 0 saturated carbocycles. The lowest BCUT2D eigenvalue weighted by atomic mass is 10.0. The maximum Gasteiger partial charge on any atom is 0.0477 e. The first-order valence-corrected chi connectivity index (χ1v) is 5.85. The predicted molar refractivity (Wildman–Crippen MR) is 70.6 cm³/mol. The van der Waals surface area contributed by atoms with E-state index in [1.54, 1.807) is 6.07 Å². The van der Waals surface area contributed by atoms with Gasteiger partial charge in [-0.05, 0) is 37.5 Å². The Kier molecular flexibility index (Phi) is 5.29. The highest BCUT2D eigenvalue weighted by molar-refractivity contribution is 6.35. The zero-order valence-corrected chi connectivity index (χ0v) is 10.8. The zero-order chi connectivity index (χ0) is 12.1. The molecule has 88 valence electrons. The van der Waals surface area contributed by atoms with Gasteiger partial charge in [-0.25, -0.2) is 0 Å². The summed E-state index contributed by atoms with van der Waals surface area (Å²) < 4.78 is 0. The standard InChI is InChI=1S/C12H16Cl2N2/c1-8(2)3-6-12(16-15)10-5-4-9(13)7-11(10)14/h4-5,7,12,16H,1,3,6,15H2,2H3. The molecule has 2 nitrogen and oxygen atoms in total. The third-order valence-electron chi connectivity index (χ3n) is 2.40. The first-order chi connectivity index (χ1) is 7.54. The van der Waals surface area contributed by atoms with Crippen molar-refractivity contribution in [2.75, 3.05) is 0 Å². The summed E-state index contributed by atoms with van der Waals surface area (Å²) in [6.45, 7) is 5.87. The van der Waals surface area contributed by atoms with E-state index < -0.39 is 0 Å². The summed E-state index contributed by atoms with van der Waals surface area (Å²) in [4.78, 5) is 0. The monoisotopic (exact) mass is 258 g/mol. The van der Waals surface area contributed by atoms with Gasteiger partial charge < -0.3 is 0 Å². The summed E-state index contributed by atoms with van der Waals surface area (Å²) in [5.74, 6) is 5.53. The lowest BCUT2D eigenvalue weighted by Gasteiger charge is -2.17. The van der Waals surface area contributed by atoms with Crippen LogP contribution in [0.5, 0.6) is 0 Å². The fourth-order valence-electron chi connectivity index (χ4n) is 1.50. The van der Waals surface area contributed by atoms with Gasteiger partial charge in [-0.3, -0.25) is 11.3 Å². The molecule has 1 rings (SSSR count). The van der Waals surface area contributed by atoms with E-state index in [1.165, 1.54) is 0 Å². The topological polar surface area (TPSA) is 38.0 Å². The predicted octanol–water partition coefficient (Wildman–Crippen LogP) is 3.85. The largest absolute Gasteiger partial charge is 0.271 e. The van der Waals surface area contributed by atoms with E-state index in [0.717, 1.165) is 24.0 Å². The molecule has 1 unspecified atom stereocenters. The molecular weight excluding hydrogens is 243 g/mol. The van der Waals surface area contributed by atoms with Crippen LogP contribution in [0.1, 0.15) is 31.4 Å². The van der Waals surface area contributed by atoms with E-state index in [-0.39, 0.29) is 6.04 Å². The Hall–Kier alpha value is -0.540. The molecule has 1 aromatic carbocycles. The maximum atomic E-state index is 6.12. The molecule has 0 fully saturated rings. The van der Waals surface area contributed by atoms with Crippen molar-refractivity contribution in [2.24, 2.45) is 5.84 Å². The van der Waals surface area contributed by atoms with Crippen LogP contribution in [0.25, 0.3) is 0 Å². The lowest BCUT2D eigenvalue weighted by molar-refractivity contribution is 0.516. The first kappa shape index (κ1) is 13.5. The van der Waals surface area contributed by atoms with E-state index in [2.05, 4.69) is 12.0 Å². The van der Waals surface area contributed by atoms with Crippen LogP contribution in [0, 0.1) is 0 Å². The molecule has 0 saturated heterocycles. The Morgan fingerprint density at radius 3 is 2.69 bits per heavy atom. The fourth-order valence-corrected chi connectivity index (χ4v) is 2.04. The van der Waals surface area contributed by atoms with E-state index in [1.807, 2.05) is 19.1 Å². The van der Waals surface area contributed by atoms with Crippen LogP contribution in [0.3, 0.4) is 0 Å². The Labute approximate surface area is 106 Å². The molecular formula is C12H16Cl2N2. The van der Waals surface area contributed by atoms with E-state index in [9.17, 15) is 0 Å². The first-order valence-electron chi connectivity index (χ1n) is 5.10. The number of hydrogen-bond donors (Lipinski definition) is 2. The van der Waals surface area contributed by atoms with Crippen molar-refractivity contribution in [3.05, 3.63) is 46.0 Å². The van der Waals surface area contributed by atoms with Crippen LogP contribution < -0.4 is 11.3 Å². The molecule has 3 N–H and O–H groups in total. The SMILES string of the molecule is C=C(C)CCC(NN)c1ccc(Cl)cc1Cl. The molecule has 0 bridgehead atoms. The van der Waals surface area contributed by atoms with Gasteiger partial charge in [0.2, 0.25) is 0 Å². The highest BCUT2D eigenvalue weighted by Gasteiger charge is 2.13. The van der Waals surface area contributed by atoms with E-state index in [0.29, 0.717) is 10.0 Å². The minimum atomic E-state index is 0.0291. The van der Waals surface area contributed by atoms with Gasteiger partial charge in [0, 0.05) is 16.1 Å². The number of nitrogens with one attached hydrogen (secondary N) is 1. The van der Waals surface area contributed by atoms with Crippen LogP contribution in [-0.2, 0) is 0 Å². The normalized spacial score (nSPS) is 12.5. The highest BCUT2D eigenvalue weighted by Crippen LogP contribution is 2.28. The van der Waals surface area contributed by atoms with Crippen molar-refractivity contribution in [3.63, 3.8) is 0 Å². The second-order valence-corrected chi connectivity index (χ2v) is 4.72. The third kappa shape index (κ3) is 3.80. The maximum absolute atomic E-state index is 6.12. The Balaban J connectivity index is 2.82. The fraction of sp³-hybridized carbons (Fsp3) is 0.333. The van der Waals surface area contributed by atoms with Crippen molar-refractivity contribution in [2.45, 2.75) is 25.8 Å². The van der Waals surface area contributed by atoms with Gasteiger partial charge in [0.25, 0.3) is 0 Å². The molecule has 0 aromatic heterocycles. The van der Waals surface area contributed by atoms with Gasteiger partial charge in [0.05, 0.1) is 0 Å². The number of nitrogens with two attached hydrogens (primary N) is 1. The van der Waals surface area contributed by atoms with Crippen molar-refractivity contribution >= 4 is 23.2 Å².